The summed E-state index contributed by atoms with van der Waals surface area (Å²) in [7, 11) is 0. The average molecular weight is 698 g/mol. The summed E-state index contributed by atoms with van der Waals surface area (Å²) in [4.78, 5) is 58.3. The van der Waals surface area contributed by atoms with Crippen molar-refractivity contribution in [3.63, 3.8) is 0 Å². The fraction of sp³-hybridized carbons (Fsp3) is 0.512. The quantitative estimate of drug-likeness (QED) is 0.373. The first-order chi connectivity index (χ1) is 23.9. The van der Waals surface area contributed by atoms with Gasteiger partial charge in [0.15, 0.2) is 0 Å². The molecule has 2 aromatic rings. The van der Waals surface area contributed by atoms with Crippen LogP contribution in [0.1, 0.15) is 88.7 Å². The molecule has 3 atom stereocenters. The summed E-state index contributed by atoms with van der Waals surface area (Å²) >= 11 is 0. The van der Waals surface area contributed by atoms with Crippen LogP contribution in [0, 0.1) is 10.8 Å². The van der Waals surface area contributed by atoms with E-state index in [9.17, 15) is 29.4 Å². The van der Waals surface area contributed by atoms with Crippen LogP contribution in [-0.2, 0) is 19.7 Å². The van der Waals surface area contributed by atoms with E-state index in [4.69, 9.17) is 4.74 Å². The van der Waals surface area contributed by atoms with Gasteiger partial charge in [-0.25, -0.2) is 9.59 Å². The van der Waals surface area contributed by atoms with Gasteiger partial charge in [0.2, 0.25) is 11.8 Å². The summed E-state index contributed by atoms with van der Waals surface area (Å²) in [5.41, 5.74) is 2.45. The summed E-state index contributed by atoms with van der Waals surface area (Å²) in [6, 6.07) is 16.1. The Bertz CT molecular complexity index is 1750. The molecular formula is C41H51N3O7. The number of nitrogens with zero attached hydrogens (tertiary/aromatic N) is 3. The molecule has 2 saturated heterocycles. The van der Waals surface area contributed by atoms with Crippen molar-refractivity contribution in [2.24, 2.45) is 10.8 Å². The highest BCUT2D eigenvalue weighted by Gasteiger charge is 2.52. The molecule has 3 amide bonds. The zero-order valence-electron chi connectivity index (χ0n) is 30.6. The Morgan fingerprint density at radius 2 is 1.53 bits per heavy atom. The minimum atomic E-state index is -0.949. The number of aliphatic hydroxyl groups is 1. The molecule has 0 bridgehead atoms. The van der Waals surface area contributed by atoms with Gasteiger partial charge in [0, 0.05) is 43.4 Å². The average Bonchev–Trinajstić information content (AvgIpc) is 3.48. The summed E-state index contributed by atoms with van der Waals surface area (Å²) < 4.78 is 5.55. The highest BCUT2D eigenvalue weighted by atomic mass is 16.6. The van der Waals surface area contributed by atoms with E-state index in [1.807, 2.05) is 47.4 Å². The molecule has 0 aromatic heterocycles. The predicted molar refractivity (Wildman–Crippen MR) is 194 cm³/mol. The fourth-order valence-electron chi connectivity index (χ4n) is 8.93. The molecule has 10 nitrogen and oxygen atoms in total. The third kappa shape index (κ3) is 6.82. The number of fused-ring (bicyclic) bond motifs is 1. The number of benzene rings is 2. The lowest BCUT2D eigenvalue weighted by molar-refractivity contribution is -0.145. The molecule has 2 N–H and O–H groups in total. The second kappa shape index (κ2) is 13.3. The Kier molecular flexibility index (Phi) is 9.46. The van der Waals surface area contributed by atoms with E-state index >= 15 is 0 Å². The van der Waals surface area contributed by atoms with Gasteiger partial charge in [0.25, 0.3) is 0 Å². The summed E-state index contributed by atoms with van der Waals surface area (Å²) in [6.45, 7) is 13.7. The molecule has 272 valence electrons. The van der Waals surface area contributed by atoms with Crippen molar-refractivity contribution in [2.75, 3.05) is 32.7 Å². The van der Waals surface area contributed by atoms with Crippen molar-refractivity contribution in [3.05, 3.63) is 89.0 Å². The molecule has 0 spiro atoms. The Morgan fingerprint density at radius 3 is 2.14 bits per heavy atom. The fourth-order valence-corrected chi connectivity index (χ4v) is 8.93. The SMILES string of the molecule is CC(C)(C)OC(=O)N1C[C@H](O)C[C@H]1C(=O)N1CCC(C(=O)N2CC=C3C(C)(C)C(c4ccc(C(=O)O)cc4)=CC[C@]3(C)C2)(c2ccccc2)CC1. The number of hydrogen-bond acceptors (Lipinski definition) is 6. The van der Waals surface area contributed by atoms with Gasteiger partial charge in [-0.15, -0.1) is 0 Å². The van der Waals surface area contributed by atoms with Crippen molar-refractivity contribution < 1.29 is 34.1 Å². The van der Waals surface area contributed by atoms with Gasteiger partial charge in [-0.1, -0.05) is 81.0 Å². The smallest absolute Gasteiger partial charge is 0.411 e. The van der Waals surface area contributed by atoms with E-state index in [0.717, 1.165) is 23.1 Å². The number of carboxylic acid groups (broad SMARTS) is 1. The standard InChI is InChI=1S/C41H51N3O7/c1-38(2,3)51-37(50)44-25-30(45)24-32(44)34(46)42-22-19-41(20-23-42,29-10-8-7-9-11-29)36(49)43-21-17-33-39(4,5)31(16-18-40(33,6)26-43)27-12-14-28(15-13-27)35(47)48/h7-17,30,32,45H,18-26H2,1-6H3,(H,47,48)/t30-,32+,40-/m1/s1. The number of rotatable bonds is 5. The lowest BCUT2D eigenvalue weighted by atomic mass is 9.58. The highest BCUT2D eigenvalue weighted by Crippen LogP contribution is 2.55. The van der Waals surface area contributed by atoms with E-state index in [2.05, 4.69) is 32.9 Å². The van der Waals surface area contributed by atoms with Crippen molar-refractivity contribution >= 4 is 29.5 Å². The molecule has 4 aliphatic rings. The largest absolute Gasteiger partial charge is 0.478 e. The maximum Gasteiger partial charge on any atom is 0.411 e. The number of aromatic carboxylic acids is 1. The third-order valence-corrected chi connectivity index (χ3v) is 11.4. The topological polar surface area (TPSA) is 128 Å². The second-order valence-electron chi connectivity index (χ2n) is 16.5. The van der Waals surface area contributed by atoms with Crippen LogP contribution in [0.4, 0.5) is 4.79 Å². The summed E-state index contributed by atoms with van der Waals surface area (Å²) in [5, 5.41) is 19.8. The zero-order chi connectivity index (χ0) is 36.9. The van der Waals surface area contributed by atoms with Crippen molar-refractivity contribution in [1.82, 2.24) is 14.7 Å². The number of aliphatic hydroxyl groups excluding tert-OH is 1. The lowest BCUT2D eigenvalue weighted by Crippen LogP contribution is -2.58. The summed E-state index contributed by atoms with van der Waals surface area (Å²) in [6.07, 6.45) is 4.81. The normalized spacial score (nSPS) is 25.7. The molecule has 0 unspecified atom stereocenters. The third-order valence-electron chi connectivity index (χ3n) is 11.4. The first kappa shape index (κ1) is 36.4. The van der Waals surface area contributed by atoms with E-state index in [1.54, 1.807) is 37.8 Å². The van der Waals surface area contributed by atoms with E-state index in [-0.39, 0.29) is 41.2 Å². The molecule has 2 fully saturated rings. The molecule has 0 radical (unpaired) electrons. The molecule has 51 heavy (non-hydrogen) atoms. The van der Waals surface area contributed by atoms with E-state index < -0.39 is 35.2 Å². The van der Waals surface area contributed by atoms with Crippen molar-refractivity contribution in [1.29, 1.82) is 0 Å². The second-order valence-corrected chi connectivity index (χ2v) is 16.5. The van der Waals surface area contributed by atoms with Crippen LogP contribution in [0.15, 0.2) is 72.3 Å². The predicted octanol–water partition coefficient (Wildman–Crippen LogP) is 5.90. The maximum atomic E-state index is 14.9. The van der Waals surface area contributed by atoms with Crippen molar-refractivity contribution in [3.8, 4) is 0 Å². The maximum absolute atomic E-state index is 14.9. The Hall–Kier alpha value is -4.44. The highest BCUT2D eigenvalue weighted by molar-refractivity contribution is 5.91. The number of allylic oxidation sites excluding steroid dienone is 2. The minimum Gasteiger partial charge on any atom is -0.478 e. The number of carbonyl (C=O) groups excluding carboxylic acids is 3. The van der Waals surface area contributed by atoms with Crippen LogP contribution in [0.25, 0.3) is 5.57 Å². The summed E-state index contributed by atoms with van der Waals surface area (Å²) in [5.74, 6) is -1.12. The van der Waals surface area contributed by atoms with Gasteiger partial charge in [-0.2, -0.15) is 0 Å². The van der Waals surface area contributed by atoms with E-state index in [0.29, 0.717) is 39.0 Å². The number of likely N-dealkylation sites (tertiary alicyclic amines) is 2. The molecule has 6 rings (SSSR count). The van der Waals surface area contributed by atoms with E-state index in [1.165, 1.54) is 10.5 Å². The Balaban J connectivity index is 1.21. The monoisotopic (exact) mass is 697 g/mol. The molecule has 3 heterocycles. The van der Waals surface area contributed by atoms with Gasteiger partial charge >= 0.3 is 12.1 Å². The van der Waals surface area contributed by atoms with Crippen LogP contribution in [-0.4, -0.2) is 99.3 Å². The molecular weight excluding hydrogens is 646 g/mol. The first-order valence-electron chi connectivity index (χ1n) is 18.0. The Labute approximate surface area is 300 Å². The minimum absolute atomic E-state index is 0.0410. The van der Waals surface area contributed by atoms with Gasteiger partial charge < -0.3 is 24.7 Å². The molecule has 10 heteroatoms. The number of hydrogen-bond donors (Lipinski definition) is 2. The van der Waals surface area contributed by atoms with Gasteiger partial charge in [-0.05, 0) is 68.9 Å². The molecule has 1 aliphatic carbocycles. The first-order valence-corrected chi connectivity index (χ1v) is 18.0. The van der Waals surface area contributed by atoms with Crippen LogP contribution >= 0.6 is 0 Å². The Morgan fingerprint density at radius 1 is 0.882 bits per heavy atom. The number of piperidine rings is 1. The number of ether oxygens (including phenoxy) is 1. The molecule has 2 aromatic carbocycles. The van der Waals surface area contributed by atoms with Crippen LogP contribution < -0.4 is 0 Å². The van der Waals surface area contributed by atoms with Gasteiger partial charge in [0.1, 0.15) is 11.6 Å². The van der Waals surface area contributed by atoms with Crippen LogP contribution in [0.2, 0.25) is 0 Å². The number of carboxylic acids is 1. The number of amides is 3. The molecule has 0 saturated carbocycles. The number of carbonyl (C=O) groups is 4. The van der Waals surface area contributed by atoms with Gasteiger partial charge in [0.05, 0.1) is 23.6 Å². The van der Waals surface area contributed by atoms with Gasteiger partial charge in [-0.3, -0.25) is 14.5 Å². The molecule has 3 aliphatic heterocycles. The lowest BCUT2D eigenvalue weighted by Gasteiger charge is -2.52. The van der Waals surface area contributed by atoms with Crippen molar-refractivity contribution in [2.45, 2.75) is 90.4 Å². The zero-order valence-corrected chi connectivity index (χ0v) is 30.6. The number of β-amino-alcohol motifs (C(OH)–C–C–N with tert-alkyl or cyclic N) is 1. The van der Waals surface area contributed by atoms with Crippen LogP contribution in [0.3, 0.4) is 0 Å². The van der Waals surface area contributed by atoms with Crippen LogP contribution in [0.5, 0.6) is 0 Å².